The van der Waals surface area contributed by atoms with Gasteiger partial charge in [0.2, 0.25) is 11.9 Å². The van der Waals surface area contributed by atoms with Crippen LogP contribution in [0.25, 0.3) is 10.9 Å². The first-order valence-electron chi connectivity index (χ1n) is 9.02. The fourth-order valence-electron chi connectivity index (χ4n) is 3.03. The maximum Gasteiger partial charge on any atom is 0.227 e. The summed E-state index contributed by atoms with van der Waals surface area (Å²) in [5.41, 5.74) is 3.90. The second kappa shape index (κ2) is 8.59. The highest BCUT2D eigenvalue weighted by Crippen LogP contribution is 2.26. The molecule has 0 saturated carbocycles. The average molecular weight is 389 g/mol. The van der Waals surface area contributed by atoms with E-state index in [1.54, 1.807) is 19.4 Å². The first-order valence-corrected chi connectivity index (χ1v) is 9.02. The van der Waals surface area contributed by atoms with E-state index in [-0.39, 0.29) is 5.91 Å². The summed E-state index contributed by atoms with van der Waals surface area (Å²) in [6, 6.07) is 9.41. The van der Waals surface area contributed by atoms with Gasteiger partial charge in [-0.1, -0.05) is 5.92 Å². The summed E-state index contributed by atoms with van der Waals surface area (Å²) in [6.07, 6.45) is 7.24. The monoisotopic (exact) mass is 389 g/mol. The largest absolute Gasteiger partial charge is 0.495 e. The molecule has 0 aliphatic heterocycles. The van der Waals surface area contributed by atoms with Crippen molar-refractivity contribution in [2.45, 2.75) is 13.5 Å². The minimum Gasteiger partial charge on any atom is -0.495 e. The standard InChI is InChI=1S/C22H23N5O2/c1-6-16-9-17-12-23-22(26-20(17)11-21(16)29-5)25-19-8-15(13-27(3)4)7-18(10-19)24-14(2)28/h1,7-12H,13H2,2-5H3,(H,24,28)(H,23,25,26). The van der Waals surface area contributed by atoms with Crippen LogP contribution >= 0.6 is 0 Å². The van der Waals surface area contributed by atoms with E-state index in [4.69, 9.17) is 11.2 Å². The van der Waals surface area contributed by atoms with Gasteiger partial charge < -0.3 is 20.3 Å². The van der Waals surface area contributed by atoms with Crippen LogP contribution in [0.3, 0.4) is 0 Å². The van der Waals surface area contributed by atoms with E-state index in [0.717, 1.165) is 23.2 Å². The van der Waals surface area contributed by atoms with Gasteiger partial charge in [-0.05, 0) is 43.9 Å². The Bertz CT molecular complexity index is 1100. The van der Waals surface area contributed by atoms with Crippen molar-refractivity contribution in [3.63, 3.8) is 0 Å². The fraction of sp³-hybridized carbons (Fsp3) is 0.227. The second-order valence-corrected chi connectivity index (χ2v) is 6.91. The highest BCUT2D eigenvalue weighted by Gasteiger charge is 2.09. The third kappa shape index (κ3) is 5.00. The number of anilines is 3. The molecule has 0 spiro atoms. The molecule has 7 nitrogen and oxygen atoms in total. The predicted molar refractivity (Wildman–Crippen MR) is 115 cm³/mol. The summed E-state index contributed by atoms with van der Waals surface area (Å²) >= 11 is 0. The van der Waals surface area contributed by atoms with Gasteiger partial charge in [-0.3, -0.25) is 4.79 Å². The zero-order valence-electron chi connectivity index (χ0n) is 16.9. The molecule has 1 amide bonds. The molecule has 0 bridgehead atoms. The van der Waals surface area contributed by atoms with E-state index in [0.29, 0.717) is 28.5 Å². The lowest BCUT2D eigenvalue weighted by molar-refractivity contribution is -0.114. The molecule has 3 rings (SSSR count). The van der Waals surface area contributed by atoms with Gasteiger partial charge in [0.25, 0.3) is 0 Å². The van der Waals surface area contributed by atoms with Crippen LogP contribution in [0.4, 0.5) is 17.3 Å². The first kappa shape index (κ1) is 20.1. The number of rotatable bonds is 6. The number of carbonyl (C=O) groups is 1. The molecule has 148 valence electrons. The number of hydrogen-bond donors (Lipinski definition) is 2. The molecule has 0 unspecified atom stereocenters. The van der Waals surface area contributed by atoms with E-state index in [1.807, 2.05) is 38.4 Å². The second-order valence-electron chi connectivity index (χ2n) is 6.91. The molecule has 0 radical (unpaired) electrons. The van der Waals surface area contributed by atoms with Gasteiger partial charge in [0.1, 0.15) is 5.75 Å². The van der Waals surface area contributed by atoms with Gasteiger partial charge in [-0.15, -0.1) is 6.42 Å². The Kier molecular flexibility index (Phi) is 5.96. The highest BCUT2D eigenvalue weighted by molar-refractivity contribution is 5.89. The maximum absolute atomic E-state index is 11.5. The number of nitrogens with one attached hydrogen (secondary N) is 2. The lowest BCUT2D eigenvalue weighted by Gasteiger charge is -2.14. The van der Waals surface area contributed by atoms with Crippen molar-refractivity contribution in [1.82, 2.24) is 14.9 Å². The maximum atomic E-state index is 11.5. The van der Waals surface area contributed by atoms with Gasteiger partial charge in [-0.2, -0.15) is 0 Å². The Morgan fingerprint density at radius 3 is 2.62 bits per heavy atom. The molecule has 0 atom stereocenters. The normalized spacial score (nSPS) is 10.6. The minimum atomic E-state index is -0.128. The summed E-state index contributed by atoms with van der Waals surface area (Å²) in [5.74, 6) is 3.50. The van der Waals surface area contributed by atoms with Gasteiger partial charge in [0.05, 0.1) is 18.2 Å². The van der Waals surface area contributed by atoms with Gasteiger partial charge in [0.15, 0.2) is 0 Å². The highest BCUT2D eigenvalue weighted by atomic mass is 16.5. The van der Waals surface area contributed by atoms with E-state index in [9.17, 15) is 4.79 Å². The number of carbonyl (C=O) groups excluding carboxylic acids is 1. The lowest BCUT2D eigenvalue weighted by Crippen LogP contribution is -2.12. The zero-order valence-corrected chi connectivity index (χ0v) is 16.9. The molecule has 1 aromatic heterocycles. The van der Waals surface area contributed by atoms with Crippen molar-refractivity contribution in [2.24, 2.45) is 0 Å². The Balaban J connectivity index is 1.96. The van der Waals surface area contributed by atoms with Crippen LogP contribution in [0, 0.1) is 12.3 Å². The molecule has 1 heterocycles. The fourth-order valence-corrected chi connectivity index (χ4v) is 3.03. The molecule has 0 saturated heterocycles. The number of terminal acetylenes is 1. The number of nitrogens with zero attached hydrogens (tertiary/aromatic N) is 3. The molecule has 29 heavy (non-hydrogen) atoms. The molecule has 0 fully saturated rings. The molecule has 3 aromatic rings. The molecule has 2 aromatic carbocycles. The average Bonchev–Trinajstić information content (AvgIpc) is 2.65. The van der Waals surface area contributed by atoms with Crippen molar-refractivity contribution in [2.75, 3.05) is 31.8 Å². The Morgan fingerprint density at radius 1 is 1.21 bits per heavy atom. The number of aromatic nitrogens is 2. The van der Waals surface area contributed by atoms with E-state index in [1.165, 1.54) is 6.92 Å². The quantitative estimate of drug-likeness (QED) is 0.629. The topological polar surface area (TPSA) is 79.4 Å². The molecule has 0 aliphatic rings. The van der Waals surface area contributed by atoms with Gasteiger partial charge in [0, 0.05) is 42.5 Å². The van der Waals surface area contributed by atoms with Crippen molar-refractivity contribution in [3.8, 4) is 18.1 Å². The molecular weight excluding hydrogens is 366 g/mol. The predicted octanol–water partition coefficient (Wildman–Crippen LogP) is 3.38. The summed E-state index contributed by atoms with van der Waals surface area (Å²) in [5, 5.41) is 6.87. The number of amides is 1. The smallest absolute Gasteiger partial charge is 0.227 e. The van der Waals surface area contributed by atoms with Crippen LogP contribution in [-0.4, -0.2) is 42.0 Å². The van der Waals surface area contributed by atoms with Crippen LogP contribution in [0.1, 0.15) is 18.1 Å². The Labute approximate surface area is 170 Å². The molecular formula is C22H23N5O2. The van der Waals surface area contributed by atoms with Crippen LogP contribution < -0.4 is 15.4 Å². The third-order valence-corrected chi connectivity index (χ3v) is 4.12. The summed E-state index contributed by atoms with van der Waals surface area (Å²) in [4.78, 5) is 22.5. The molecule has 0 aliphatic carbocycles. The summed E-state index contributed by atoms with van der Waals surface area (Å²) < 4.78 is 5.34. The van der Waals surface area contributed by atoms with Crippen LogP contribution in [0.15, 0.2) is 36.5 Å². The van der Waals surface area contributed by atoms with E-state index < -0.39 is 0 Å². The van der Waals surface area contributed by atoms with Crippen LogP contribution in [0.5, 0.6) is 5.75 Å². The number of benzene rings is 2. The van der Waals surface area contributed by atoms with E-state index >= 15 is 0 Å². The number of methoxy groups -OCH3 is 1. The van der Waals surface area contributed by atoms with Gasteiger partial charge in [-0.25, -0.2) is 9.97 Å². The third-order valence-electron chi connectivity index (χ3n) is 4.12. The lowest BCUT2D eigenvalue weighted by atomic mass is 10.1. The van der Waals surface area contributed by atoms with Crippen LogP contribution in [0.2, 0.25) is 0 Å². The molecule has 2 N–H and O–H groups in total. The zero-order chi connectivity index (χ0) is 21.0. The van der Waals surface area contributed by atoms with Crippen LogP contribution in [-0.2, 0) is 11.3 Å². The Hall–Kier alpha value is -3.63. The summed E-state index contributed by atoms with van der Waals surface area (Å²) in [6.45, 7) is 2.21. The van der Waals surface area contributed by atoms with Crippen molar-refractivity contribution in [1.29, 1.82) is 0 Å². The number of fused-ring (bicyclic) bond motifs is 1. The van der Waals surface area contributed by atoms with Crippen molar-refractivity contribution in [3.05, 3.63) is 47.7 Å². The molecule has 7 heteroatoms. The first-order chi connectivity index (χ1) is 13.9. The van der Waals surface area contributed by atoms with Crippen molar-refractivity contribution >= 4 is 34.1 Å². The SMILES string of the molecule is C#Cc1cc2cnc(Nc3cc(CN(C)C)cc(NC(C)=O)c3)nc2cc1OC. The number of ether oxygens (including phenoxy) is 1. The number of hydrogen-bond acceptors (Lipinski definition) is 6. The van der Waals surface area contributed by atoms with Crippen molar-refractivity contribution < 1.29 is 9.53 Å². The Morgan fingerprint density at radius 2 is 1.97 bits per heavy atom. The van der Waals surface area contributed by atoms with E-state index in [2.05, 4.69) is 31.4 Å². The van der Waals surface area contributed by atoms with Gasteiger partial charge >= 0.3 is 0 Å². The minimum absolute atomic E-state index is 0.128. The summed E-state index contributed by atoms with van der Waals surface area (Å²) in [7, 11) is 5.55.